The molecule has 1 unspecified atom stereocenters. The SMILES string of the molecule is C=S(=O)(NC(=O)c1cncc(C#Cc2cccc(C(=O)O)c2)c1)c1ccccc1. The number of carboxylic acids is 1. The first-order valence-electron chi connectivity index (χ1n) is 8.40. The van der Waals surface area contributed by atoms with Crippen LogP contribution in [0.15, 0.2) is 78.0 Å². The highest BCUT2D eigenvalue weighted by atomic mass is 32.2. The number of nitrogens with one attached hydrogen (secondary N) is 1. The summed E-state index contributed by atoms with van der Waals surface area (Å²) in [4.78, 5) is 27.9. The zero-order valence-electron chi connectivity index (χ0n) is 15.2. The van der Waals surface area contributed by atoms with E-state index in [-0.39, 0.29) is 11.1 Å². The van der Waals surface area contributed by atoms with Crippen molar-refractivity contribution in [2.45, 2.75) is 4.90 Å². The molecule has 144 valence electrons. The lowest BCUT2D eigenvalue weighted by atomic mass is 10.1. The molecule has 6 nitrogen and oxygen atoms in total. The molecule has 0 saturated carbocycles. The van der Waals surface area contributed by atoms with E-state index >= 15 is 0 Å². The van der Waals surface area contributed by atoms with Crippen LogP contribution in [0.5, 0.6) is 0 Å². The quantitative estimate of drug-likeness (QED) is 0.515. The molecule has 7 heteroatoms. The van der Waals surface area contributed by atoms with Crippen molar-refractivity contribution in [2.75, 3.05) is 0 Å². The topological polar surface area (TPSA) is 96.4 Å². The van der Waals surface area contributed by atoms with Crippen molar-refractivity contribution in [3.8, 4) is 11.8 Å². The number of pyridine rings is 1. The van der Waals surface area contributed by atoms with Crippen molar-refractivity contribution in [1.82, 2.24) is 9.71 Å². The van der Waals surface area contributed by atoms with Gasteiger partial charge >= 0.3 is 5.97 Å². The average molecular weight is 404 g/mol. The van der Waals surface area contributed by atoms with Crippen LogP contribution in [0.25, 0.3) is 0 Å². The lowest BCUT2D eigenvalue weighted by Gasteiger charge is -2.11. The molecule has 1 heterocycles. The summed E-state index contributed by atoms with van der Waals surface area (Å²) in [5, 5.41) is 9.04. The number of hydrogen-bond donors (Lipinski definition) is 2. The Morgan fingerprint density at radius 1 is 0.931 bits per heavy atom. The average Bonchev–Trinajstić information content (AvgIpc) is 2.73. The van der Waals surface area contributed by atoms with Crippen molar-refractivity contribution in [1.29, 1.82) is 0 Å². The van der Waals surface area contributed by atoms with Gasteiger partial charge in [-0.05, 0) is 42.3 Å². The molecule has 3 aromatic rings. The van der Waals surface area contributed by atoms with Crippen LogP contribution in [0.2, 0.25) is 0 Å². The molecule has 0 aliphatic heterocycles. The number of nitrogens with zero attached hydrogens (tertiary/aromatic N) is 1. The minimum absolute atomic E-state index is 0.133. The number of rotatable bonds is 4. The standard InChI is InChI=1S/C22H16N2O4S/c1-29(28,20-8-3-2-4-9-20)24-21(25)19-13-17(14-23-15-19)11-10-16-6-5-7-18(12-16)22(26)27/h2-9,12-15H,1H2,(H,26,27)(H,24,25,28). The van der Waals surface area contributed by atoms with Gasteiger partial charge in [0.1, 0.15) is 0 Å². The van der Waals surface area contributed by atoms with E-state index in [0.29, 0.717) is 16.0 Å². The van der Waals surface area contributed by atoms with Crippen LogP contribution in [-0.4, -0.2) is 32.0 Å². The summed E-state index contributed by atoms with van der Waals surface area (Å²) >= 11 is 0. The Labute approximate surface area is 168 Å². The largest absolute Gasteiger partial charge is 0.478 e. The van der Waals surface area contributed by atoms with Gasteiger partial charge in [0.05, 0.1) is 20.8 Å². The summed E-state index contributed by atoms with van der Waals surface area (Å²) in [6.07, 6.45) is 2.82. The Morgan fingerprint density at radius 2 is 1.62 bits per heavy atom. The molecular formula is C22H16N2O4S. The number of hydrogen-bond acceptors (Lipinski definition) is 4. The molecule has 0 radical (unpaired) electrons. The molecule has 0 bridgehead atoms. The predicted molar refractivity (Wildman–Crippen MR) is 111 cm³/mol. The minimum Gasteiger partial charge on any atom is -0.478 e. The molecule has 1 atom stereocenters. The third-order valence-electron chi connectivity index (χ3n) is 3.84. The lowest BCUT2D eigenvalue weighted by Crippen LogP contribution is -2.30. The number of carboxylic acid groups (broad SMARTS) is 1. The number of amides is 1. The Morgan fingerprint density at radius 3 is 2.34 bits per heavy atom. The van der Waals surface area contributed by atoms with Crippen molar-refractivity contribution in [3.05, 3.63) is 95.3 Å². The van der Waals surface area contributed by atoms with Gasteiger partial charge in [0.15, 0.2) is 0 Å². The van der Waals surface area contributed by atoms with E-state index in [1.54, 1.807) is 42.5 Å². The van der Waals surface area contributed by atoms with Gasteiger partial charge in [-0.2, -0.15) is 0 Å². The van der Waals surface area contributed by atoms with Crippen LogP contribution >= 0.6 is 0 Å². The van der Waals surface area contributed by atoms with Gasteiger partial charge in [0, 0.05) is 28.4 Å². The normalized spacial score (nSPS) is 12.1. The summed E-state index contributed by atoms with van der Waals surface area (Å²) in [6, 6.07) is 16.2. The third-order valence-corrected chi connectivity index (χ3v) is 5.39. The second-order valence-corrected chi connectivity index (χ2v) is 8.04. The first kappa shape index (κ1) is 19.9. The van der Waals surface area contributed by atoms with E-state index in [9.17, 15) is 13.8 Å². The second kappa shape index (κ2) is 8.42. The van der Waals surface area contributed by atoms with Crippen molar-refractivity contribution >= 4 is 27.5 Å². The molecule has 2 aromatic carbocycles. The monoisotopic (exact) mass is 404 g/mol. The highest BCUT2D eigenvalue weighted by Gasteiger charge is 2.14. The van der Waals surface area contributed by atoms with Crippen LogP contribution in [0.4, 0.5) is 0 Å². The second-order valence-electron chi connectivity index (χ2n) is 6.02. The zero-order chi connectivity index (χ0) is 20.9. The Balaban J connectivity index is 1.81. The lowest BCUT2D eigenvalue weighted by molar-refractivity contribution is 0.0696. The van der Waals surface area contributed by atoms with Gasteiger partial charge in [0.2, 0.25) is 0 Å². The smallest absolute Gasteiger partial charge is 0.335 e. The molecule has 1 aromatic heterocycles. The number of aromatic carboxylic acids is 1. The van der Waals surface area contributed by atoms with Crippen LogP contribution in [0.1, 0.15) is 31.8 Å². The molecule has 29 heavy (non-hydrogen) atoms. The first-order valence-corrected chi connectivity index (χ1v) is 10.1. The summed E-state index contributed by atoms with van der Waals surface area (Å²) in [7, 11) is -3.01. The first-order chi connectivity index (χ1) is 13.8. The highest BCUT2D eigenvalue weighted by molar-refractivity contribution is 7.99. The predicted octanol–water partition coefficient (Wildman–Crippen LogP) is 2.60. The van der Waals surface area contributed by atoms with Gasteiger partial charge in [-0.25, -0.2) is 9.00 Å². The van der Waals surface area contributed by atoms with Crippen LogP contribution in [0, 0.1) is 11.8 Å². The number of benzene rings is 2. The van der Waals surface area contributed by atoms with E-state index in [1.165, 1.54) is 30.6 Å². The zero-order valence-corrected chi connectivity index (χ0v) is 16.0. The maximum Gasteiger partial charge on any atom is 0.335 e. The number of carbonyl (C=O) groups excluding carboxylic acids is 1. The van der Waals surface area contributed by atoms with Gasteiger partial charge < -0.3 is 5.11 Å². The third kappa shape index (κ3) is 5.09. The maximum atomic E-state index is 12.7. The Kier molecular flexibility index (Phi) is 5.77. The van der Waals surface area contributed by atoms with Gasteiger partial charge in [0.25, 0.3) is 5.91 Å². The van der Waals surface area contributed by atoms with Gasteiger partial charge in [-0.3, -0.25) is 14.5 Å². The molecule has 1 amide bonds. The van der Waals surface area contributed by atoms with Crippen LogP contribution < -0.4 is 4.72 Å². The van der Waals surface area contributed by atoms with Crippen molar-refractivity contribution in [2.24, 2.45) is 0 Å². The fraction of sp³-hybridized carbons (Fsp3) is 0. The van der Waals surface area contributed by atoms with E-state index in [2.05, 4.69) is 27.4 Å². The highest BCUT2D eigenvalue weighted by Crippen LogP contribution is 2.10. The Hall–Kier alpha value is -3.89. The minimum atomic E-state index is -3.01. The molecule has 0 spiro atoms. The van der Waals surface area contributed by atoms with E-state index in [0.717, 1.165) is 0 Å². The maximum absolute atomic E-state index is 12.7. The van der Waals surface area contributed by atoms with E-state index < -0.39 is 21.6 Å². The van der Waals surface area contributed by atoms with Gasteiger partial charge in [-0.15, -0.1) is 0 Å². The van der Waals surface area contributed by atoms with E-state index in [1.807, 2.05) is 0 Å². The molecule has 0 saturated heterocycles. The fourth-order valence-electron chi connectivity index (χ4n) is 2.41. The molecule has 0 aliphatic rings. The molecule has 2 N–H and O–H groups in total. The van der Waals surface area contributed by atoms with Gasteiger partial charge in [-0.1, -0.05) is 36.1 Å². The van der Waals surface area contributed by atoms with E-state index in [4.69, 9.17) is 5.11 Å². The van der Waals surface area contributed by atoms with Crippen LogP contribution in [0.3, 0.4) is 0 Å². The number of aromatic nitrogens is 1. The summed E-state index contributed by atoms with van der Waals surface area (Å²) in [5.74, 6) is 7.69. The molecule has 3 rings (SSSR count). The molecule has 0 fully saturated rings. The summed E-state index contributed by atoms with van der Waals surface area (Å²) in [6.45, 7) is 0. The Bertz CT molecular complexity index is 1240. The molecule has 0 aliphatic carbocycles. The molecular weight excluding hydrogens is 388 g/mol. The summed E-state index contributed by atoms with van der Waals surface area (Å²) < 4.78 is 15.1. The van der Waals surface area contributed by atoms with Crippen molar-refractivity contribution < 1.29 is 18.9 Å². The van der Waals surface area contributed by atoms with Crippen molar-refractivity contribution in [3.63, 3.8) is 0 Å². The summed E-state index contributed by atoms with van der Waals surface area (Å²) in [5.41, 5.74) is 1.29. The van der Waals surface area contributed by atoms with Crippen LogP contribution in [-0.2, 0) is 9.71 Å². The number of carbonyl (C=O) groups is 2. The fourth-order valence-corrected chi connectivity index (χ4v) is 3.55.